The van der Waals surface area contributed by atoms with Crippen molar-refractivity contribution in [1.29, 1.82) is 0 Å². The van der Waals surface area contributed by atoms with Gasteiger partial charge in [-0.2, -0.15) is 0 Å². The lowest BCUT2D eigenvalue weighted by molar-refractivity contribution is -0.0336. The Morgan fingerprint density at radius 1 is 0.807 bits per heavy atom. The zero-order chi connectivity index (χ0) is 39.4. The highest BCUT2D eigenvalue weighted by Crippen LogP contribution is 2.32. The number of fused-ring (bicyclic) bond motifs is 4. The topological polar surface area (TPSA) is 136 Å². The highest BCUT2D eigenvalue weighted by Gasteiger charge is 2.37. The summed E-state index contributed by atoms with van der Waals surface area (Å²) in [4.78, 5) is 30.2. The molecular formula is C47H56N4O6. The second-order valence-electron chi connectivity index (χ2n) is 15.6. The van der Waals surface area contributed by atoms with Crippen LogP contribution in [0.4, 0.5) is 4.79 Å². The third-order valence-corrected chi connectivity index (χ3v) is 11.5. The van der Waals surface area contributed by atoms with Gasteiger partial charge >= 0.3 is 6.09 Å². The Morgan fingerprint density at radius 2 is 1.53 bits per heavy atom. The Bertz CT molecular complexity index is 2110. The van der Waals surface area contributed by atoms with Crippen LogP contribution in [0.5, 0.6) is 11.5 Å². The number of carbonyl (C=O) groups excluding carboxylic acids is 1. The van der Waals surface area contributed by atoms with E-state index in [1.54, 1.807) is 12.1 Å². The summed E-state index contributed by atoms with van der Waals surface area (Å²) in [5.74, 6) is 1.21. The zero-order valence-corrected chi connectivity index (χ0v) is 32.7. The van der Waals surface area contributed by atoms with E-state index in [4.69, 9.17) is 9.47 Å². The Kier molecular flexibility index (Phi) is 13.9. The summed E-state index contributed by atoms with van der Waals surface area (Å²) in [6.45, 7) is 4.84. The van der Waals surface area contributed by atoms with Gasteiger partial charge in [0.05, 0.1) is 24.3 Å². The standard InChI is InChI=1S/C47H56N4O6/c52-41-21-19-39(40-20-22-44(54)49-46(40)41)42(53)31-48-25-9-4-2-1-3-5-10-28-56-38-18-12-17-37(30-38)45(36-16-11-15-35(29-36)33-13-7-6-8-14-33)50-47(55)57-43-32-51-26-23-34(43)24-27-51/h6-8,11-22,29-30,34,42-43,45,48,52-53H,1-5,9-10,23-28,31-32H2,(H,49,54)(H,50,55). The van der Waals surface area contributed by atoms with Crippen molar-refractivity contribution in [1.82, 2.24) is 20.5 Å². The molecule has 10 heteroatoms. The van der Waals surface area contributed by atoms with Gasteiger partial charge in [-0.3, -0.25) is 9.69 Å². The first-order valence-corrected chi connectivity index (χ1v) is 20.7. The van der Waals surface area contributed by atoms with E-state index in [0.29, 0.717) is 35.5 Å². The molecule has 3 aliphatic heterocycles. The summed E-state index contributed by atoms with van der Waals surface area (Å²) in [5, 5.41) is 28.1. The molecule has 8 rings (SSSR count). The van der Waals surface area contributed by atoms with Crippen LogP contribution in [0.3, 0.4) is 0 Å². The van der Waals surface area contributed by atoms with Crippen LogP contribution in [0.15, 0.2) is 108 Å². The Hall–Kier alpha value is -5.16. The molecule has 5 aromatic rings. The third-order valence-electron chi connectivity index (χ3n) is 11.5. The number of aliphatic hydroxyl groups excluding tert-OH is 1. The number of nitrogens with one attached hydrogen (secondary N) is 3. The Morgan fingerprint density at radius 3 is 2.30 bits per heavy atom. The fourth-order valence-electron chi connectivity index (χ4n) is 8.33. The van der Waals surface area contributed by atoms with Crippen molar-refractivity contribution < 1.29 is 24.5 Å². The molecule has 0 spiro atoms. The number of amides is 1. The van der Waals surface area contributed by atoms with Gasteiger partial charge in [0.2, 0.25) is 5.56 Å². The molecule has 4 aromatic carbocycles. The number of H-pyrrole nitrogens is 1. The van der Waals surface area contributed by atoms with Gasteiger partial charge in [0.1, 0.15) is 17.6 Å². The number of hydrogen-bond acceptors (Lipinski definition) is 8. The van der Waals surface area contributed by atoms with Crippen LogP contribution >= 0.6 is 0 Å². The number of carbonyl (C=O) groups is 1. The minimum Gasteiger partial charge on any atom is -0.506 e. The molecule has 2 bridgehead atoms. The van der Waals surface area contributed by atoms with Crippen LogP contribution in [0.25, 0.3) is 22.0 Å². The molecule has 5 N–H and O–H groups in total. The quantitative estimate of drug-likeness (QED) is 0.0530. The summed E-state index contributed by atoms with van der Waals surface area (Å²) in [5.41, 5.74) is 4.86. The fraction of sp³-hybridized carbons (Fsp3) is 0.404. The van der Waals surface area contributed by atoms with Gasteiger partial charge in [0.15, 0.2) is 0 Å². The van der Waals surface area contributed by atoms with Crippen LogP contribution < -0.4 is 20.9 Å². The summed E-state index contributed by atoms with van der Waals surface area (Å²) in [7, 11) is 0. The van der Waals surface area contributed by atoms with E-state index in [1.165, 1.54) is 18.6 Å². The van der Waals surface area contributed by atoms with E-state index in [0.717, 1.165) is 106 Å². The molecule has 3 saturated heterocycles. The molecule has 4 heterocycles. The lowest BCUT2D eigenvalue weighted by Gasteiger charge is -2.43. The number of rotatable bonds is 19. The lowest BCUT2D eigenvalue weighted by Crippen LogP contribution is -2.52. The average Bonchev–Trinajstić information content (AvgIpc) is 3.24. The molecule has 1 aromatic heterocycles. The predicted octanol–water partition coefficient (Wildman–Crippen LogP) is 8.24. The minimum atomic E-state index is -0.748. The molecule has 3 fully saturated rings. The highest BCUT2D eigenvalue weighted by atomic mass is 16.6. The van der Waals surface area contributed by atoms with Gasteiger partial charge in [-0.05, 0) is 109 Å². The number of aliphatic hydroxyl groups is 1. The molecule has 0 saturated carbocycles. The highest BCUT2D eigenvalue weighted by molar-refractivity contribution is 5.87. The minimum absolute atomic E-state index is 0.0106. The molecule has 0 radical (unpaired) electrons. The van der Waals surface area contributed by atoms with Gasteiger partial charge < -0.3 is 35.3 Å². The number of aromatic hydroxyl groups is 1. The van der Waals surface area contributed by atoms with E-state index in [1.807, 2.05) is 48.5 Å². The molecule has 3 atom stereocenters. The Balaban J connectivity index is 0.840. The van der Waals surface area contributed by atoms with E-state index >= 15 is 0 Å². The SMILES string of the molecule is O=C(NC(c1cccc(OCCCCCCCCCNCC(O)c2ccc(O)c3[nH]c(=O)ccc23)c1)c1cccc(-c2ccccc2)c1)OC1CN2CCC1CC2. The van der Waals surface area contributed by atoms with E-state index < -0.39 is 12.1 Å². The number of phenols is 1. The smallest absolute Gasteiger partial charge is 0.408 e. The predicted molar refractivity (Wildman–Crippen MR) is 225 cm³/mol. The summed E-state index contributed by atoms with van der Waals surface area (Å²) < 4.78 is 12.3. The molecular weight excluding hydrogens is 717 g/mol. The molecule has 300 valence electrons. The maximum Gasteiger partial charge on any atom is 0.408 e. The van der Waals surface area contributed by atoms with E-state index in [-0.39, 0.29) is 23.5 Å². The second kappa shape index (κ2) is 19.8. The van der Waals surface area contributed by atoms with Crippen molar-refractivity contribution in [2.75, 3.05) is 39.3 Å². The summed E-state index contributed by atoms with van der Waals surface area (Å²) in [6.07, 6.45) is 8.65. The summed E-state index contributed by atoms with van der Waals surface area (Å²) in [6, 6.07) is 32.5. The van der Waals surface area contributed by atoms with Gasteiger partial charge in [-0.1, -0.05) is 98.8 Å². The van der Waals surface area contributed by atoms with Crippen molar-refractivity contribution in [3.63, 3.8) is 0 Å². The number of pyridine rings is 1. The largest absolute Gasteiger partial charge is 0.506 e. The van der Waals surface area contributed by atoms with Gasteiger partial charge in [0.25, 0.3) is 0 Å². The number of ether oxygens (including phenoxy) is 2. The Labute approximate surface area is 335 Å². The molecule has 10 nitrogen and oxygen atoms in total. The number of unbranched alkanes of at least 4 members (excludes halogenated alkanes) is 6. The number of benzene rings is 4. The maximum atomic E-state index is 13.5. The van der Waals surface area contributed by atoms with Crippen LogP contribution in [-0.2, 0) is 4.74 Å². The average molecular weight is 773 g/mol. The van der Waals surface area contributed by atoms with Crippen molar-refractivity contribution in [2.24, 2.45) is 5.92 Å². The molecule has 3 unspecified atom stereocenters. The molecule has 57 heavy (non-hydrogen) atoms. The normalized spacial score (nSPS) is 18.6. The number of aromatic nitrogens is 1. The van der Waals surface area contributed by atoms with Crippen molar-refractivity contribution >= 4 is 17.0 Å². The first-order valence-electron chi connectivity index (χ1n) is 20.7. The van der Waals surface area contributed by atoms with Crippen molar-refractivity contribution in [3.05, 3.63) is 130 Å². The molecule has 0 aliphatic carbocycles. The van der Waals surface area contributed by atoms with Crippen LogP contribution in [-0.4, -0.2) is 71.6 Å². The monoisotopic (exact) mass is 772 g/mol. The van der Waals surface area contributed by atoms with Gasteiger partial charge in [0, 0.05) is 24.5 Å². The van der Waals surface area contributed by atoms with Crippen molar-refractivity contribution in [3.8, 4) is 22.6 Å². The number of hydrogen-bond donors (Lipinski definition) is 5. The molecule has 1 amide bonds. The summed E-state index contributed by atoms with van der Waals surface area (Å²) >= 11 is 0. The fourth-order valence-corrected chi connectivity index (χ4v) is 8.33. The third kappa shape index (κ3) is 10.8. The maximum absolute atomic E-state index is 13.5. The number of aromatic amines is 1. The van der Waals surface area contributed by atoms with Crippen LogP contribution in [0.1, 0.15) is 86.6 Å². The second-order valence-corrected chi connectivity index (χ2v) is 15.6. The van der Waals surface area contributed by atoms with Gasteiger partial charge in [-0.15, -0.1) is 0 Å². The van der Waals surface area contributed by atoms with E-state index in [9.17, 15) is 19.8 Å². The number of piperidine rings is 3. The first kappa shape index (κ1) is 40.1. The number of alkyl carbamates (subject to hydrolysis) is 1. The number of nitrogens with zero attached hydrogens (tertiary/aromatic N) is 1. The lowest BCUT2D eigenvalue weighted by atomic mass is 9.86. The first-order chi connectivity index (χ1) is 27.9. The van der Waals surface area contributed by atoms with Gasteiger partial charge in [-0.25, -0.2) is 4.79 Å². The van der Waals surface area contributed by atoms with Crippen molar-refractivity contribution in [2.45, 2.75) is 76.0 Å². The zero-order valence-electron chi connectivity index (χ0n) is 32.7. The van der Waals surface area contributed by atoms with E-state index in [2.05, 4.69) is 50.8 Å². The van der Waals surface area contributed by atoms with Crippen LogP contribution in [0, 0.1) is 5.92 Å². The number of phenolic OH excluding ortho intramolecular Hbond substituents is 1. The molecule has 3 aliphatic rings. The van der Waals surface area contributed by atoms with Crippen LogP contribution in [0.2, 0.25) is 0 Å².